The van der Waals surface area contributed by atoms with E-state index < -0.39 is 5.39 Å². The van der Waals surface area contributed by atoms with Gasteiger partial charge in [0.2, 0.25) is 0 Å². The van der Waals surface area contributed by atoms with E-state index in [-0.39, 0.29) is 0 Å². The lowest BCUT2D eigenvalue weighted by atomic mass is 12.9. The molecule has 0 aliphatic heterocycles. The van der Waals surface area contributed by atoms with Crippen molar-refractivity contribution >= 4 is 0 Å². The summed E-state index contributed by atoms with van der Waals surface area (Å²) in [6.07, 6.45) is 0. The van der Waals surface area contributed by atoms with Gasteiger partial charge in [0.25, 0.3) is 0 Å². The van der Waals surface area contributed by atoms with Crippen LogP contribution in [0.2, 0.25) is 0 Å². The van der Waals surface area contributed by atoms with Crippen molar-refractivity contribution < 1.29 is 15.4 Å². The van der Waals surface area contributed by atoms with Crippen LogP contribution in [0.3, 0.4) is 0 Å². The average molecular weight is 94.0 g/mol. The largest absolute Gasteiger partial charge is 0.255 e. The molecule has 0 heterocycles. The zero-order valence-corrected chi connectivity index (χ0v) is 2.61. The molecule has 0 aliphatic carbocycles. The molecule has 0 aromatic heterocycles. The van der Waals surface area contributed by atoms with E-state index in [1.807, 2.05) is 0 Å². The van der Waals surface area contributed by atoms with E-state index in [1.54, 1.807) is 5.34 Å². The zero-order chi connectivity index (χ0) is 4.99. The molecule has 6 nitrogen and oxygen atoms in total. The van der Waals surface area contributed by atoms with Crippen LogP contribution in [-0.4, -0.2) is 15.8 Å². The third kappa shape index (κ3) is 3.28. The molecule has 0 rings (SSSR count). The maximum atomic E-state index is 8.78. The second-order valence-electron chi connectivity index (χ2n) is 0.409. The Morgan fingerprint density at radius 1 is 1.67 bits per heavy atom. The van der Waals surface area contributed by atoms with Gasteiger partial charge in [-0.05, 0) is 0 Å². The second kappa shape index (κ2) is 2.51. The number of hydrogen-bond donors (Lipinski definition) is 2. The summed E-state index contributed by atoms with van der Waals surface area (Å²) in [5, 5.41) is 15.7. The van der Waals surface area contributed by atoms with E-state index in [0.29, 0.717) is 0 Å². The summed E-state index contributed by atoms with van der Waals surface area (Å²) in [5.41, 5.74) is 0. The molecule has 0 aromatic rings. The van der Waals surface area contributed by atoms with Crippen LogP contribution in [0, 0.1) is 4.91 Å². The van der Waals surface area contributed by atoms with E-state index in [4.69, 9.17) is 15.3 Å². The first kappa shape index (κ1) is 5.28. The minimum Gasteiger partial charge on any atom is -0.255 e. The lowest BCUT2D eigenvalue weighted by Crippen LogP contribution is -2.09. The topological polar surface area (TPSA) is 82.4 Å². The van der Waals surface area contributed by atoms with E-state index in [2.05, 4.69) is 4.94 Å². The fourth-order valence-electron chi connectivity index (χ4n) is 0.0298. The molecule has 0 atom stereocenters. The van der Waals surface area contributed by atoms with Crippen molar-refractivity contribution in [3.63, 3.8) is 0 Å². The Morgan fingerprint density at radius 3 is 2.17 bits per heavy atom. The Hall–Kier alpha value is -0.720. The van der Waals surface area contributed by atoms with Gasteiger partial charge in [0, 0.05) is 0 Å². The quantitative estimate of drug-likeness (QED) is 0.362. The highest BCUT2D eigenvalue weighted by Gasteiger charge is 1.85. The fourth-order valence-corrected chi connectivity index (χ4v) is 0.0298. The number of nitrogens with zero attached hydrogens (tertiary/aromatic N) is 2. The predicted molar refractivity (Wildman–Crippen MR) is 12.3 cm³/mol. The Kier molecular flexibility index (Phi) is 2.21. The summed E-state index contributed by atoms with van der Waals surface area (Å²) in [4.78, 5) is 11.8. The van der Waals surface area contributed by atoms with Crippen LogP contribution in [0.5, 0.6) is 0 Å². The van der Waals surface area contributed by atoms with Gasteiger partial charge in [-0.3, -0.25) is 10.4 Å². The molecule has 0 saturated carbocycles. The Bertz CT molecular complexity index is 40.8. The van der Waals surface area contributed by atoms with Gasteiger partial charge in [0.1, 0.15) is 5.39 Å². The average Bonchev–Trinajstić information content (AvgIpc) is 1.35. The van der Waals surface area contributed by atoms with Crippen molar-refractivity contribution in [3.05, 3.63) is 4.91 Å². The summed E-state index contributed by atoms with van der Waals surface area (Å²) < 4.78 is 0. The molecule has 36 valence electrons. The lowest BCUT2D eigenvalue weighted by molar-refractivity contribution is -0.494. The van der Waals surface area contributed by atoms with Gasteiger partial charge < -0.3 is 0 Å². The van der Waals surface area contributed by atoms with Crippen molar-refractivity contribution in [1.29, 1.82) is 0 Å². The van der Waals surface area contributed by atoms with E-state index in [9.17, 15) is 0 Å². The maximum Gasteiger partial charge on any atom is 0.180 e. The lowest BCUT2D eigenvalue weighted by Gasteiger charge is -1.91. The molecular weight excluding hydrogens is 92.0 g/mol. The van der Waals surface area contributed by atoms with Gasteiger partial charge in [0.05, 0.1) is 0 Å². The third-order valence-electron chi connectivity index (χ3n) is 0.106. The summed E-state index contributed by atoms with van der Waals surface area (Å²) in [6.45, 7) is 0. The summed E-state index contributed by atoms with van der Waals surface area (Å²) in [5.74, 6) is 0. The molecule has 0 fully saturated rings. The molecule has 0 aliphatic rings. The van der Waals surface area contributed by atoms with Crippen molar-refractivity contribution in [2.24, 2.45) is 5.34 Å². The zero-order valence-electron chi connectivity index (χ0n) is 2.61. The molecule has 0 unspecified atom stereocenters. The highest BCUT2D eigenvalue weighted by atomic mass is 17.1. The maximum absolute atomic E-state index is 8.78. The van der Waals surface area contributed by atoms with Gasteiger partial charge in [-0.25, -0.2) is 4.94 Å². The minimum atomic E-state index is -0.799. The van der Waals surface area contributed by atoms with E-state index >= 15 is 0 Å². The van der Waals surface area contributed by atoms with Crippen LogP contribution in [0.15, 0.2) is 5.34 Å². The third-order valence-corrected chi connectivity index (χ3v) is 0.106. The van der Waals surface area contributed by atoms with Gasteiger partial charge in [0.15, 0.2) is 5.34 Å². The smallest absolute Gasteiger partial charge is 0.180 e. The summed E-state index contributed by atoms with van der Waals surface area (Å²) in [7, 11) is 0. The van der Waals surface area contributed by atoms with Gasteiger partial charge in [-0.2, -0.15) is 0 Å². The van der Waals surface area contributed by atoms with Crippen LogP contribution in [-0.2, 0) is 4.94 Å². The van der Waals surface area contributed by atoms with Gasteiger partial charge in [-0.15, -0.1) is 4.91 Å². The fraction of sp³-hybridized carbons (Fsp3) is 0. The van der Waals surface area contributed by atoms with Crippen LogP contribution >= 0.6 is 0 Å². The SMILES string of the molecule is O=NON(O)O. The van der Waals surface area contributed by atoms with E-state index in [1.165, 1.54) is 0 Å². The first-order valence-electron chi connectivity index (χ1n) is 0.948. The van der Waals surface area contributed by atoms with Crippen LogP contribution < -0.4 is 0 Å². The van der Waals surface area contributed by atoms with E-state index in [0.717, 1.165) is 0 Å². The highest BCUT2D eigenvalue weighted by molar-refractivity contribution is 3.88. The predicted octanol–water partition coefficient (Wildman–Crippen LogP) is -0.320. The van der Waals surface area contributed by atoms with Crippen molar-refractivity contribution in [1.82, 2.24) is 5.39 Å². The number of rotatable bonds is 2. The molecule has 0 saturated heterocycles. The Balaban J connectivity index is 2.81. The molecule has 2 N–H and O–H groups in total. The standard InChI is InChI=1S/H2N2O4/c3-1-6-2(4)5/h4-5H. The van der Waals surface area contributed by atoms with Crippen LogP contribution in [0.4, 0.5) is 0 Å². The molecule has 6 heteroatoms. The van der Waals surface area contributed by atoms with Gasteiger partial charge in [-0.1, -0.05) is 0 Å². The Labute approximate surface area is 32.3 Å². The molecule has 0 bridgehead atoms. The molecular formula is H2N2O4. The molecule has 0 radical (unpaired) electrons. The van der Waals surface area contributed by atoms with Crippen LogP contribution in [0.25, 0.3) is 0 Å². The van der Waals surface area contributed by atoms with Crippen molar-refractivity contribution in [2.45, 2.75) is 0 Å². The molecule has 0 spiro atoms. The number of hydrogen-bond acceptors (Lipinski definition) is 6. The highest BCUT2D eigenvalue weighted by Crippen LogP contribution is 1.71. The van der Waals surface area contributed by atoms with Crippen molar-refractivity contribution in [3.8, 4) is 0 Å². The van der Waals surface area contributed by atoms with Gasteiger partial charge >= 0.3 is 0 Å². The molecule has 0 aromatic carbocycles. The minimum absolute atomic E-state index is 0.799. The summed E-state index contributed by atoms with van der Waals surface area (Å²) >= 11 is 0. The summed E-state index contributed by atoms with van der Waals surface area (Å²) in [6, 6.07) is 0. The Morgan fingerprint density at radius 2 is 2.17 bits per heavy atom. The monoisotopic (exact) mass is 94.0 g/mol. The van der Waals surface area contributed by atoms with Crippen LogP contribution in [0.1, 0.15) is 0 Å². The normalized spacial score (nSPS) is 8.50. The van der Waals surface area contributed by atoms with Crippen molar-refractivity contribution in [2.75, 3.05) is 0 Å². The first-order chi connectivity index (χ1) is 2.77. The first-order valence-corrected chi connectivity index (χ1v) is 0.948. The molecule has 6 heavy (non-hydrogen) atoms. The molecule has 0 amide bonds. The second-order valence-corrected chi connectivity index (χ2v) is 0.409.